The van der Waals surface area contributed by atoms with E-state index in [0.29, 0.717) is 23.6 Å². The summed E-state index contributed by atoms with van der Waals surface area (Å²) in [5.41, 5.74) is 0.476. The first-order valence-electron chi connectivity index (χ1n) is 8.79. The van der Waals surface area contributed by atoms with E-state index in [1.54, 1.807) is 0 Å². The van der Waals surface area contributed by atoms with E-state index in [1.807, 2.05) is 6.92 Å². The van der Waals surface area contributed by atoms with Crippen LogP contribution < -0.4 is 24.8 Å². The minimum Gasteiger partial charge on any atom is -0.454 e. The predicted octanol–water partition coefficient (Wildman–Crippen LogP) is 4.17. The summed E-state index contributed by atoms with van der Waals surface area (Å²) in [6.45, 7) is -0.749. The number of alkyl halides is 2. The molecular weight excluding hydrogens is 521 g/mol. The molecule has 1 aliphatic rings. The lowest BCUT2D eigenvalue weighted by Gasteiger charge is -2.14. The molecule has 2 aromatic rings. The van der Waals surface area contributed by atoms with Crippen LogP contribution in [0.25, 0.3) is 0 Å². The lowest BCUT2D eigenvalue weighted by Crippen LogP contribution is -2.37. The maximum absolute atomic E-state index is 13.8. The Kier molecular flexibility index (Phi) is 8.81. The number of hydrogen-bond acceptors (Lipinski definition) is 4. The molecule has 0 atom stereocenters. The molecule has 0 unspecified atom stereocenters. The van der Waals surface area contributed by atoms with Crippen LogP contribution in [0.3, 0.4) is 0 Å². The van der Waals surface area contributed by atoms with Crippen molar-refractivity contribution < 1.29 is 31.8 Å². The number of ether oxygens (including phenoxy) is 3. The third-order valence-corrected chi connectivity index (χ3v) is 3.98. The number of fused-ring (bicyclic) bond motifs is 1. The van der Waals surface area contributed by atoms with Crippen molar-refractivity contribution in [3.05, 3.63) is 53.1 Å². The Morgan fingerprint density at radius 2 is 1.83 bits per heavy atom. The van der Waals surface area contributed by atoms with E-state index in [2.05, 4.69) is 20.4 Å². The normalized spacial score (nSPS) is 12.5. The molecule has 0 aromatic heterocycles. The van der Waals surface area contributed by atoms with E-state index in [9.17, 15) is 17.6 Å². The molecule has 0 aliphatic carbocycles. The Morgan fingerprint density at radius 1 is 1.10 bits per heavy atom. The summed E-state index contributed by atoms with van der Waals surface area (Å²) in [6, 6.07) is 5.98. The second-order valence-corrected chi connectivity index (χ2v) is 5.98. The van der Waals surface area contributed by atoms with E-state index in [-0.39, 0.29) is 61.1 Å². The van der Waals surface area contributed by atoms with Gasteiger partial charge in [-0.15, -0.1) is 24.0 Å². The third-order valence-electron chi connectivity index (χ3n) is 3.98. The largest absolute Gasteiger partial charge is 0.454 e. The number of aliphatic imine (C=N–C) groups is 1. The van der Waals surface area contributed by atoms with Crippen LogP contribution in [0.4, 0.5) is 17.6 Å². The first-order chi connectivity index (χ1) is 14.0. The van der Waals surface area contributed by atoms with Crippen molar-refractivity contribution in [3.8, 4) is 17.2 Å². The standard InChI is InChI=1S/C19H19F4N3O3.HI/c1-2-24-19(25-8-11-5-13(20)3-4-14(11)21)26-9-12-6-16-17(28-10-27-16)7-15(12)29-18(22)23;/h3-7,18H,2,8-10H2,1H3,(H2,24,25,26);1H. The minimum atomic E-state index is -3.01. The fraction of sp³-hybridized carbons (Fsp3) is 0.316. The van der Waals surface area contributed by atoms with Crippen molar-refractivity contribution >= 4 is 29.9 Å². The first-order valence-corrected chi connectivity index (χ1v) is 8.79. The van der Waals surface area contributed by atoms with Crippen molar-refractivity contribution in [1.29, 1.82) is 0 Å². The molecule has 0 saturated heterocycles. The van der Waals surface area contributed by atoms with Crippen molar-refractivity contribution in [3.63, 3.8) is 0 Å². The van der Waals surface area contributed by atoms with Crippen LogP contribution in [0.1, 0.15) is 18.1 Å². The zero-order valence-corrected chi connectivity index (χ0v) is 18.2. The van der Waals surface area contributed by atoms with Gasteiger partial charge in [0.2, 0.25) is 6.79 Å². The second-order valence-electron chi connectivity index (χ2n) is 5.98. The quantitative estimate of drug-likeness (QED) is 0.239. The molecule has 0 radical (unpaired) electrons. The monoisotopic (exact) mass is 541 g/mol. The molecule has 2 N–H and O–H groups in total. The van der Waals surface area contributed by atoms with Gasteiger partial charge >= 0.3 is 6.61 Å². The number of guanidine groups is 1. The van der Waals surface area contributed by atoms with Gasteiger partial charge in [0.25, 0.3) is 0 Å². The van der Waals surface area contributed by atoms with Gasteiger partial charge in [0.15, 0.2) is 17.5 Å². The Morgan fingerprint density at radius 3 is 2.53 bits per heavy atom. The average molecular weight is 541 g/mol. The molecule has 164 valence electrons. The molecule has 3 rings (SSSR count). The molecule has 1 aliphatic heterocycles. The summed E-state index contributed by atoms with van der Waals surface area (Å²) in [4.78, 5) is 4.30. The lowest BCUT2D eigenvalue weighted by atomic mass is 10.1. The molecule has 0 saturated carbocycles. The number of rotatable bonds is 7. The zero-order chi connectivity index (χ0) is 20.8. The van der Waals surface area contributed by atoms with E-state index in [0.717, 1.165) is 18.2 Å². The van der Waals surface area contributed by atoms with E-state index in [1.165, 1.54) is 12.1 Å². The van der Waals surface area contributed by atoms with Gasteiger partial charge in [-0.3, -0.25) is 0 Å². The number of nitrogens with one attached hydrogen (secondary N) is 2. The van der Waals surface area contributed by atoms with Crippen LogP contribution in [0, 0.1) is 11.6 Å². The Balaban J connectivity index is 0.00000320. The number of benzene rings is 2. The number of nitrogens with zero attached hydrogens (tertiary/aromatic N) is 1. The number of hydrogen-bond donors (Lipinski definition) is 2. The molecule has 11 heteroatoms. The van der Waals surface area contributed by atoms with Gasteiger partial charge in [0.05, 0.1) is 6.54 Å². The smallest absolute Gasteiger partial charge is 0.387 e. The van der Waals surface area contributed by atoms with Crippen LogP contribution in [0.15, 0.2) is 35.3 Å². The van der Waals surface area contributed by atoms with Gasteiger partial charge in [-0.2, -0.15) is 8.78 Å². The fourth-order valence-corrected chi connectivity index (χ4v) is 2.66. The summed E-state index contributed by atoms with van der Waals surface area (Å²) in [6.07, 6.45) is 0. The average Bonchev–Trinajstić information content (AvgIpc) is 3.13. The topological polar surface area (TPSA) is 64.1 Å². The van der Waals surface area contributed by atoms with E-state index >= 15 is 0 Å². The maximum Gasteiger partial charge on any atom is 0.387 e. The zero-order valence-electron chi connectivity index (χ0n) is 15.9. The van der Waals surface area contributed by atoms with Crippen LogP contribution in [0.5, 0.6) is 17.2 Å². The maximum atomic E-state index is 13.8. The fourth-order valence-electron chi connectivity index (χ4n) is 2.66. The highest BCUT2D eigenvalue weighted by Crippen LogP contribution is 2.39. The molecule has 0 spiro atoms. The lowest BCUT2D eigenvalue weighted by molar-refractivity contribution is -0.0505. The van der Waals surface area contributed by atoms with E-state index < -0.39 is 18.2 Å². The summed E-state index contributed by atoms with van der Waals surface area (Å²) in [5.74, 6) is -0.203. The number of halogens is 5. The Bertz CT molecular complexity index is 900. The van der Waals surface area contributed by atoms with Gasteiger partial charge in [-0.05, 0) is 31.2 Å². The summed E-state index contributed by atoms with van der Waals surface area (Å²) in [7, 11) is 0. The molecule has 6 nitrogen and oxygen atoms in total. The molecule has 0 fully saturated rings. The van der Waals surface area contributed by atoms with Crippen LogP contribution in [0.2, 0.25) is 0 Å². The van der Waals surface area contributed by atoms with Crippen molar-refractivity contribution in [2.24, 2.45) is 4.99 Å². The minimum absolute atomic E-state index is 0. The van der Waals surface area contributed by atoms with Gasteiger partial charge in [0, 0.05) is 30.3 Å². The highest BCUT2D eigenvalue weighted by Gasteiger charge is 2.20. The van der Waals surface area contributed by atoms with Crippen molar-refractivity contribution in [1.82, 2.24) is 10.6 Å². The molecule has 1 heterocycles. The van der Waals surface area contributed by atoms with Gasteiger partial charge in [-0.25, -0.2) is 13.8 Å². The van der Waals surface area contributed by atoms with Gasteiger partial charge in [-0.1, -0.05) is 0 Å². The highest BCUT2D eigenvalue weighted by molar-refractivity contribution is 14.0. The summed E-state index contributed by atoms with van der Waals surface area (Å²) < 4.78 is 67.5. The SMILES string of the molecule is CCNC(=NCc1cc2c(cc1OC(F)F)OCO2)NCc1cc(F)ccc1F.I. The second kappa shape index (κ2) is 11.1. The summed E-state index contributed by atoms with van der Waals surface area (Å²) in [5, 5.41) is 5.82. The molecule has 0 amide bonds. The van der Waals surface area contributed by atoms with Gasteiger partial charge < -0.3 is 24.8 Å². The van der Waals surface area contributed by atoms with Gasteiger partial charge in [0.1, 0.15) is 17.4 Å². The van der Waals surface area contributed by atoms with Crippen molar-refractivity contribution in [2.45, 2.75) is 26.6 Å². The third kappa shape index (κ3) is 6.28. The predicted molar refractivity (Wildman–Crippen MR) is 113 cm³/mol. The molecular formula is C19H20F4IN3O3. The first kappa shape index (κ1) is 23.8. The van der Waals surface area contributed by atoms with Crippen LogP contribution in [-0.4, -0.2) is 25.9 Å². The Labute approximate surface area is 187 Å². The summed E-state index contributed by atoms with van der Waals surface area (Å²) >= 11 is 0. The Hall–Kier alpha value is -2.44. The van der Waals surface area contributed by atoms with E-state index in [4.69, 9.17) is 9.47 Å². The highest BCUT2D eigenvalue weighted by atomic mass is 127. The molecule has 2 aromatic carbocycles. The van der Waals surface area contributed by atoms with Crippen LogP contribution in [-0.2, 0) is 13.1 Å². The van der Waals surface area contributed by atoms with Crippen LogP contribution >= 0.6 is 24.0 Å². The van der Waals surface area contributed by atoms with Crippen molar-refractivity contribution in [2.75, 3.05) is 13.3 Å². The molecule has 30 heavy (non-hydrogen) atoms. The molecule has 0 bridgehead atoms.